The fourth-order valence-electron chi connectivity index (χ4n) is 2.82. The van der Waals surface area contributed by atoms with Crippen molar-refractivity contribution in [1.82, 2.24) is 5.32 Å². The highest BCUT2D eigenvalue weighted by Crippen LogP contribution is 2.31. The van der Waals surface area contributed by atoms with E-state index in [2.05, 4.69) is 10.6 Å². The molecule has 2 aromatic rings. The first-order chi connectivity index (χ1) is 11.6. The van der Waals surface area contributed by atoms with E-state index in [9.17, 15) is 9.59 Å². The van der Waals surface area contributed by atoms with Gasteiger partial charge in [-0.05, 0) is 36.2 Å². The molecule has 0 saturated carbocycles. The maximum absolute atomic E-state index is 12.4. The fraction of sp³-hybridized carbons (Fsp3) is 0.263. The lowest BCUT2D eigenvalue weighted by atomic mass is 9.90. The molecule has 0 saturated heterocycles. The maximum atomic E-state index is 12.4. The van der Waals surface area contributed by atoms with Gasteiger partial charge in [0.05, 0.1) is 12.5 Å². The minimum Gasteiger partial charge on any atom is -0.492 e. The van der Waals surface area contributed by atoms with Crippen molar-refractivity contribution in [2.24, 2.45) is 0 Å². The Kier molecular flexibility index (Phi) is 4.79. The second-order valence-corrected chi connectivity index (χ2v) is 5.85. The van der Waals surface area contributed by atoms with Crippen molar-refractivity contribution in [2.45, 2.75) is 19.3 Å². The molecule has 1 atom stereocenters. The average molecular weight is 324 g/mol. The molecule has 1 heterocycles. The summed E-state index contributed by atoms with van der Waals surface area (Å²) in [5.74, 6) is 0.0514. The van der Waals surface area contributed by atoms with E-state index < -0.39 is 5.92 Å². The van der Waals surface area contributed by atoms with E-state index in [0.29, 0.717) is 18.8 Å². The summed E-state index contributed by atoms with van der Waals surface area (Å²) >= 11 is 0. The van der Waals surface area contributed by atoms with Gasteiger partial charge in [0.1, 0.15) is 12.4 Å². The van der Waals surface area contributed by atoms with E-state index in [1.807, 2.05) is 55.5 Å². The number of hydrogen-bond acceptors (Lipinski definition) is 3. The van der Waals surface area contributed by atoms with Crippen LogP contribution in [0, 0.1) is 6.92 Å². The quantitative estimate of drug-likeness (QED) is 0.831. The van der Waals surface area contributed by atoms with Crippen molar-refractivity contribution in [3.05, 3.63) is 59.7 Å². The number of amides is 2. The molecule has 1 unspecified atom stereocenters. The lowest BCUT2D eigenvalue weighted by molar-refractivity contribution is -0.126. The van der Waals surface area contributed by atoms with Gasteiger partial charge in [0, 0.05) is 12.1 Å². The number of carbonyl (C=O) groups is 2. The number of benzene rings is 2. The zero-order valence-corrected chi connectivity index (χ0v) is 13.5. The lowest BCUT2D eigenvalue weighted by Gasteiger charge is -2.24. The molecule has 124 valence electrons. The van der Waals surface area contributed by atoms with Crippen molar-refractivity contribution in [3.8, 4) is 5.75 Å². The average Bonchev–Trinajstić information content (AvgIpc) is 2.58. The van der Waals surface area contributed by atoms with Gasteiger partial charge in [0.15, 0.2) is 0 Å². The number of carbonyl (C=O) groups excluding carboxylic acids is 2. The summed E-state index contributed by atoms with van der Waals surface area (Å²) in [6.45, 7) is 2.78. The van der Waals surface area contributed by atoms with E-state index in [-0.39, 0.29) is 18.2 Å². The largest absolute Gasteiger partial charge is 0.492 e. The highest BCUT2D eigenvalue weighted by molar-refractivity contribution is 6.01. The Morgan fingerprint density at radius 1 is 1.25 bits per heavy atom. The van der Waals surface area contributed by atoms with Crippen molar-refractivity contribution in [2.75, 3.05) is 18.5 Å². The summed E-state index contributed by atoms with van der Waals surface area (Å²) in [5, 5.41) is 5.65. The topological polar surface area (TPSA) is 67.4 Å². The molecule has 5 heteroatoms. The predicted molar refractivity (Wildman–Crippen MR) is 92.1 cm³/mol. The highest BCUT2D eigenvalue weighted by atomic mass is 16.5. The number of nitrogens with one attached hydrogen (secondary N) is 2. The van der Waals surface area contributed by atoms with Crippen LogP contribution in [0.2, 0.25) is 0 Å². The second kappa shape index (κ2) is 7.17. The standard InChI is InChI=1S/C19H20N2O3/c1-13-5-4-6-14(11-13)24-10-9-20-19(23)16-12-18(22)21-17-8-3-2-7-15(16)17/h2-8,11,16H,9-10,12H2,1H3,(H,20,23)(H,21,22). The van der Waals surface area contributed by atoms with Crippen LogP contribution in [-0.4, -0.2) is 25.0 Å². The van der Waals surface area contributed by atoms with Gasteiger partial charge in [-0.3, -0.25) is 9.59 Å². The third-order valence-electron chi connectivity index (χ3n) is 3.98. The molecule has 0 radical (unpaired) electrons. The van der Waals surface area contributed by atoms with Crippen LogP contribution in [0.4, 0.5) is 5.69 Å². The molecule has 2 amide bonds. The second-order valence-electron chi connectivity index (χ2n) is 5.85. The summed E-state index contributed by atoms with van der Waals surface area (Å²) in [6, 6.07) is 15.2. The highest BCUT2D eigenvalue weighted by Gasteiger charge is 2.30. The minimum absolute atomic E-state index is 0.134. The predicted octanol–water partition coefficient (Wildman–Crippen LogP) is 2.62. The van der Waals surface area contributed by atoms with Crippen molar-refractivity contribution < 1.29 is 14.3 Å². The van der Waals surface area contributed by atoms with E-state index in [1.54, 1.807) is 0 Å². The monoisotopic (exact) mass is 324 g/mol. The molecule has 2 N–H and O–H groups in total. The third-order valence-corrected chi connectivity index (χ3v) is 3.98. The van der Waals surface area contributed by atoms with E-state index >= 15 is 0 Å². The van der Waals surface area contributed by atoms with Crippen LogP contribution < -0.4 is 15.4 Å². The molecular formula is C19H20N2O3. The number of ether oxygens (including phenoxy) is 1. The number of rotatable bonds is 5. The van der Waals surface area contributed by atoms with Crippen LogP contribution in [0.25, 0.3) is 0 Å². The first-order valence-corrected chi connectivity index (χ1v) is 7.99. The van der Waals surface area contributed by atoms with Crippen LogP contribution in [0.1, 0.15) is 23.5 Å². The molecule has 1 aliphatic rings. The number of aryl methyl sites for hydroxylation is 1. The molecule has 0 aromatic heterocycles. The Balaban J connectivity index is 1.55. The molecule has 0 fully saturated rings. The molecular weight excluding hydrogens is 304 g/mol. The summed E-state index contributed by atoms with van der Waals surface area (Å²) in [5.41, 5.74) is 2.69. The Labute approximate surface area is 141 Å². The van der Waals surface area contributed by atoms with Gasteiger partial charge in [-0.1, -0.05) is 30.3 Å². The molecule has 5 nitrogen and oxygen atoms in total. The van der Waals surface area contributed by atoms with Crippen LogP contribution in [-0.2, 0) is 9.59 Å². The number of fused-ring (bicyclic) bond motifs is 1. The van der Waals surface area contributed by atoms with Crippen molar-refractivity contribution in [1.29, 1.82) is 0 Å². The van der Waals surface area contributed by atoms with Crippen LogP contribution in [0.3, 0.4) is 0 Å². The molecule has 3 rings (SSSR count). The molecule has 2 aromatic carbocycles. The van der Waals surface area contributed by atoms with Gasteiger partial charge < -0.3 is 15.4 Å². The normalized spacial score (nSPS) is 16.0. The van der Waals surface area contributed by atoms with Gasteiger partial charge in [-0.25, -0.2) is 0 Å². The Bertz CT molecular complexity index is 758. The first kappa shape index (κ1) is 16.1. The lowest BCUT2D eigenvalue weighted by Crippen LogP contribution is -2.36. The zero-order chi connectivity index (χ0) is 16.9. The van der Waals surface area contributed by atoms with Gasteiger partial charge in [-0.15, -0.1) is 0 Å². The Morgan fingerprint density at radius 3 is 2.92 bits per heavy atom. The van der Waals surface area contributed by atoms with Gasteiger partial charge in [0.25, 0.3) is 0 Å². The zero-order valence-electron chi connectivity index (χ0n) is 13.5. The Morgan fingerprint density at radius 2 is 2.08 bits per heavy atom. The van der Waals surface area contributed by atoms with Crippen LogP contribution in [0.5, 0.6) is 5.75 Å². The minimum atomic E-state index is -0.450. The van der Waals surface area contributed by atoms with Crippen molar-refractivity contribution >= 4 is 17.5 Å². The summed E-state index contributed by atoms with van der Waals surface area (Å²) in [7, 11) is 0. The van der Waals surface area contributed by atoms with Gasteiger partial charge >= 0.3 is 0 Å². The van der Waals surface area contributed by atoms with E-state index in [0.717, 1.165) is 16.9 Å². The Hall–Kier alpha value is -2.82. The molecule has 0 spiro atoms. The first-order valence-electron chi connectivity index (χ1n) is 7.99. The SMILES string of the molecule is Cc1cccc(OCCNC(=O)C2CC(=O)Nc3ccccc32)c1. The molecule has 24 heavy (non-hydrogen) atoms. The van der Waals surface area contributed by atoms with Gasteiger partial charge in [-0.2, -0.15) is 0 Å². The van der Waals surface area contributed by atoms with Crippen molar-refractivity contribution in [3.63, 3.8) is 0 Å². The summed E-state index contributed by atoms with van der Waals surface area (Å²) in [6.07, 6.45) is 0.168. The number of para-hydroxylation sites is 1. The third kappa shape index (κ3) is 3.74. The molecule has 0 aliphatic carbocycles. The maximum Gasteiger partial charge on any atom is 0.228 e. The molecule has 1 aliphatic heterocycles. The molecule has 0 bridgehead atoms. The summed E-state index contributed by atoms with van der Waals surface area (Å²) < 4.78 is 5.62. The van der Waals surface area contributed by atoms with Crippen LogP contribution in [0.15, 0.2) is 48.5 Å². The van der Waals surface area contributed by atoms with E-state index in [1.165, 1.54) is 0 Å². The van der Waals surface area contributed by atoms with Gasteiger partial charge in [0.2, 0.25) is 11.8 Å². The van der Waals surface area contributed by atoms with Crippen LogP contribution >= 0.6 is 0 Å². The number of hydrogen-bond donors (Lipinski definition) is 2. The number of anilines is 1. The smallest absolute Gasteiger partial charge is 0.228 e. The van der Waals surface area contributed by atoms with E-state index in [4.69, 9.17) is 4.74 Å². The fourth-order valence-corrected chi connectivity index (χ4v) is 2.82. The summed E-state index contributed by atoms with van der Waals surface area (Å²) in [4.78, 5) is 24.2.